The van der Waals surface area contributed by atoms with Gasteiger partial charge >= 0.3 is 0 Å². The molecule has 1 aromatic rings. The van der Waals surface area contributed by atoms with E-state index in [1.54, 1.807) is 0 Å². The van der Waals surface area contributed by atoms with E-state index in [1.165, 1.54) is 0 Å². The zero-order chi connectivity index (χ0) is 16.2. The van der Waals surface area contributed by atoms with Gasteiger partial charge in [0.1, 0.15) is 5.41 Å². The molecule has 0 radical (unpaired) electrons. The fourth-order valence-electron chi connectivity index (χ4n) is 2.55. The van der Waals surface area contributed by atoms with Gasteiger partial charge in [-0.25, -0.2) is 0 Å². The minimum absolute atomic E-state index is 0.289. The number of primary amides is 1. The fourth-order valence-corrected chi connectivity index (χ4v) is 2.55. The van der Waals surface area contributed by atoms with Gasteiger partial charge in [-0.05, 0) is 51.7 Å². The number of carbonyl (C=O) groups excluding carboxylic acids is 2. The number of hydrogen-bond acceptors (Lipinski definition) is 5. The van der Waals surface area contributed by atoms with E-state index in [-0.39, 0.29) is 5.91 Å². The van der Waals surface area contributed by atoms with E-state index >= 15 is 0 Å². The highest BCUT2D eigenvalue weighted by molar-refractivity contribution is 6.07. The molecule has 0 unspecified atom stereocenters. The van der Waals surface area contributed by atoms with Crippen LogP contribution in [0, 0.1) is 5.41 Å². The van der Waals surface area contributed by atoms with Gasteiger partial charge < -0.3 is 16.8 Å². The maximum absolute atomic E-state index is 12.3. The minimum Gasteiger partial charge on any atom is -0.369 e. The van der Waals surface area contributed by atoms with Gasteiger partial charge in [-0.3, -0.25) is 9.59 Å². The summed E-state index contributed by atoms with van der Waals surface area (Å²) in [6, 6.07) is 3.67. The summed E-state index contributed by atoms with van der Waals surface area (Å²) in [7, 11) is 0. The maximum atomic E-state index is 12.3. The summed E-state index contributed by atoms with van der Waals surface area (Å²) in [5.41, 5.74) is 10.6. The molecule has 3 rings (SSSR count). The first-order chi connectivity index (χ1) is 10.2. The van der Waals surface area contributed by atoms with Gasteiger partial charge in [0.25, 0.3) is 0 Å². The Morgan fingerprint density at radius 2 is 1.82 bits per heavy atom. The van der Waals surface area contributed by atoms with E-state index in [1.807, 2.05) is 26.0 Å². The number of nitrogens with two attached hydrogens (primary N) is 2. The van der Waals surface area contributed by atoms with Crippen molar-refractivity contribution < 1.29 is 9.59 Å². The van der Waals surface area contributed by atoms with Crippen molar-refractivity contribution in [1.82, 2.24) is 15.5 Å². The van der Waals surface area contributed by atoms with Crippen LogP contribution >= 0.6 is 0 Å². The van der Waals surface area contributed by atoms with E-state index < -0.39 is 22.4 Å². The van der Waals surface area contributed by atoms with Crippen molar-refractivity contribution in [3.8, 4) is 0 Å². The Morgan fingerprint density at radius 3 is 2.18 bits per heavy atom. The molecule has 0 aliphatic heterocycles. The van der Waals surface area contributed by atoms with Gasteiger partial charge in [0.15, 0.2) is 0 Å². The van der Waals surface area contributed by atoms with E-state index in [9.17, 15) is 9.59 Å². The first kappa shape index (κ1) is 14.9. The molecule has 0 atom stereocenters. The van der Waals surface area contributed by atoms with E-state index in [2.05, 4.69) is 15.5 Å². The molecule has 0 aromatic carbocycles. The van der Waals surface area contributed by atoms with Crippen LogP contribution in [0.3, 0.4) is 0 Å². The average molecular weight is 303 g/mol. The summed E-state index contributed by atoms with van der Waals surface area (Å²) < 4.78 is 0. The lowest BCUT2D eigenvalue weighted by Crippen LogP contribution is -2.45. The molecule has 0 spiro atoms. The van der Waals surface area contributed by atoms with Crippen molar-refractivity contribution in [2.45, 2.75) is 50.6 Å². The van der Waals surface area contributed by atoms with Crippen LogP contribution in [0.4, 0.5) is 0 Å². The number of aromatic nitrogens is 2. The molecule has 5 N–H and O–H groups in total. The summed E-state index contributed by atoms with van der Waals surface area (Å²) in [5.74, 6) is -0.838. The minimum atomic E-state index is -1.01. The molecular formula is C15H21N5O2. The van der Waals surface area contributed by atoms with Crippen molar-refractivity contribution in [3.05, 3.63) is 23.5 Å². The fraction of sp³-hybridized carbons (Fsp3) is 0.600. The molecular weight excluding hydrogens is 282 g/mol. The molecule has 7 heteroatoms. The number of hydrogen-bond donors (Lipinski definition) is 3. The van der Waals surface area contributed by atoms with Crippen molar-refractivity contribution in [3.63, 3.8) is 0 Å². The Morgan fingerprint density at radius 1 is 1.18 bits per heavy atom. The van der Waals surface area contributed by atoms with Crippen LogP contribution in [-0.4, -0.2) is 22.0 Å². The molecule has 0 bridgehead atoms. The predicted molar refractivity (Wildman–Crippen MR) is 79.2 cm³/mol. The van der Waals surface area contributed by atoms with Crippen molar-refractivity contribution >= 4 is 11.8 Å². The second-order valence-electron chi connectivity index (χ2n) is 7.01. The van der Waals surface area contributed by atoms with Crippen LogP contribution in [0.2, 0.25) is 0 Å². The van der Waals surface area contributed by atoms with E-state index in [4.69, 9.17) is 11.5 Å². The number of amides is 2. The molecule has 22 heavy (non-hydrogen) atoms. The third-order valence-corrected chi connectivity index (χ3v) is 4.57. The van der Waals surface area contributed by atoms with Crippen LogP contribution in [0.25, 0.3) is 0 Å². The van der Waals surface area contributed by atoms with Crippen LogP contribution < -0.4 is 16.8 Å². The van der Waals surface area contributed by atoms with Crippen LogP contribution in [0.1, 0.15) is 50.9 Å². The maximum Gasteiger partial charge on any atom is 0.236 e. The second-order valence-corrected chi connectivity index (χ2v) is 7.01. The zero-order valence-electron chi connectivity index (χ0n) is 12.8. The number of nitrogens with zero attached hydrogens (tertiary/aromatic N) is 2. The SMILES string of the molecule is CC(C)(N)c1ccc(C2(NC(=O)C3(C(N)=O)CC3)CC2)nn1. The highest BCUT2D eigenvalue weighted by Gasteiger charge is 2.59. The van der Waals surface area contributed by atoms with E-state index in [0.29, 0.717) is 24.2 Å². The Bertz CT molecular complexity index is 624. The zero-order valence-corrected chi connectivity index (χ0v) is 12.8. The predicted octanol–water partition coefficient (Wildman–Crippen LogP) is 0.0412. The molecule has 1 heterocycles. The summed E-state index contributed by atoms with van der Waals surface area (Å²) in [6.45, 7) is 3.71. The van der Waals surface area contributed by atoms with Crippen LogP contribution in [0.5, 0.6) is 0 Å². The molecule has 2 aliphatic carbocycles. The monoisotopic (exact) mass is 303 g/mol. The van der Waals surface area contributed by atoms with Crippen LogP contribution in [-0.2, 0) is 20.7 Å². The Hall–Kier alpha value is -2.02. The normalized spacial score (nSPS) is 21.0. The molecule has 0 saturated heterocycles. The third-order valence-electron chi connectivity index (χ3n) is 4.57. The van der Waals surface area contributed by atoms with Gasteiger partial charge in [-0.2, -0.15) is 10.2 Å². The topological polar surface area (TPSA) is 124 Å². The molecule has 2 saturated carbocycles. The quantitative estimate of drug-likeness (QED) is 0.663. The van der Waals surface area contributed by atoms with Gasteiger partial charge in [0, 0.05) is 0 Å². The molecule has 118 valence electrons. The standard InChI is InChI=1S/C15H21N5O2/c1-13(2,17)9-3-4-10(20-19-9)15(7-8-15)18-12(22)14(5-6-14)11(16)21/h3-4H,5-8,17H2,1-2H3,(H2,16,21)(H,18,22). The highest BCUT2D eigenvalue weighted by atomic mass is 16.2. The number of rotatable bonds is 5. The summed E-state index contributed by atoms with van der Waals surface area (Å²) >= 11 is 0. The largest absolute Gasteiger partial charge is 0.369 e. The Balaban J connectivity index is 1.77. The summed E-state index contributed by atoms with van der Waals surface area (Å²) in [6.07, 6.45) is 2.62. The third kappa shape index (κ3) is 2.35. The van der Waals surface area contributed by atoms with Gasteiger partial charge in [0.2, 0.25) is 11.8 Å². The van der Waals surface area contributed by atoms with E-state index in [0.717, 1.165) is 12.8 Å². The van der Waals surface area contributed by atoms with Crippen molar-refractivity contribution in [1.29, 1.82) is 0 Å². The van der Waals surface area contributed by atoms with Crippen LogP contribution in [0.15, 0.2) is 12.1 Å². The first-order valence-corrected chi connectivity index (χ1v) is 7.46. The van der Waals surface area contributed by atoms with Gasteiger partial charge in [0.05, 0.1) is 22.5 Å². The Labute approximate surface area is 128 Å². The smallest absolute Gasteiger partial charge is 0.236 e. The number of nitrogens with one attached hydrogen (secondary N) is 1. The molecule has 2 fully saturated rings. The molecule has 2 aliphatic rings. The summed E-state index contributed by atoms with van der Waals surface area (Å²) in [4.78, 5) is 23.8. The highest BCUT2D eigenvalue weighted by Crippen LogP contribution is 2.50. The first-order valence-electron chi connectivity index (χ1n) is 7.46. The number of carbonyl (C=O) groups is 2. The molecule has 1 aromatic heterocycles. The lowest BCUT2D eigenvalue weighted by Gasteiger charge is -2.21. The lowest BCUT2D eigenvalue weighted by molar-refractivity contribution is -0.136. The van der Waals surface area contributed by atoms with Gasteiger partial charge in [-0.1, -0.05) is 0 Å². The van der Waals surface area contributed by atoms with Crippen molar-refractivity contribution in [2.24, 2.45) is 16.9 Å². The average Bonchev–Trinajstić information content (AvgIpc) is 3.32. The lowest BCUT2D eigenvalue weighted by atomic mass is 10.0. The van der Waals surface area contributed by atoms with Gasteiger partial charge in [-0.15, -0.1) is 0 Å². The second kappa shape index (κ2) is 4.49. The molecule has 2 amide bonds. The Kier molecular flexibility index (Phi) is 3.04. The summed E-state index contributed by atoms with van der Waals surface area (Å²) in [5, 5.41) is 11.3. The molecule has 7 nitrogen and oxygen atoms in total. The van der Waals surface area contributed by atoms with Crippen molar-refractivity contribution in [2.75, 3.05) is 0 Å².